The molecule has 3 nitrogen and oxygen atoms in total. The zero-order valence-corrected chi connectivity index (χ0v) is 10.8. The van der Waals surface area contributed by atoms with Crippen LogP contribution in [-0.2, 0) is 4.74 Å². The summed E-state index contributed by atoms with van der Waals surface area (Å²) in [7, 11) is 0. The molecule has 3 heteroatoms. The molecule has 3 aliphatic rings. The third kappa shape index (κ3) is 2.27. The first-order chi connectivity index (χ1) is 8.72. The Hall–Kier alpha value is -1.35. The van der Waals surface area contributed by atoms with Crippen molar-refractivity contribution in [3.05, 3.63) is 35.4 Å². The molecular weight excluding hydrogens is 226 g/mol. The third-order valence-electron chi connectivity index (χ3n) is 4.30. The second-order valence-electron chi connectivity index (χ2n) is 5.60. The van der Waals surface area contributed by atoms with Gasteiger partial charge in [0.2, 0.25) is 0 Å². The lowest BCUT2D eigenvalue weighted by molar-refractivity contribution is -0.920. The van der Waals surface area contributed by atoms with Crippen molar-refractivity contribution in [2.45, 2.75) is 25.9 Å². The molecule has 3 heterocycles. The highest BCUT2D eigenvalue weighted by Gasteiger charge is 2.39. The summed E-state index contributed by atoms with van der Waals surface area (Å²) in [6.45, 7) is 5.53. The van der Waals surface area contributed by atoms with Crippen LogP contribution in [0.5, 0.6) is 0 Å². The van der Waals surface area contributed by atoms with Gasteiger partial charge < -0.3 is 9.64 Å². The van der Waals surface area contributed by atoms with Crippen LogP contribution in [0.3, 0.4) is 0 Å². The Bertz CT molecular complexity index is 432. The first-order valence-electron chi connectivity index (χ1n) is 6.83. The highest BCUT2D eigenvalue weighted by molar-refractivity contribution is 5.89. The average molecular weight is 246 g/mol. The van der Waals surface area contributed by atoms with Gasteiger partial charge in [-0.3, -0.25) is 0 Å². The first-order valence-corrected chi connectivity index (χ1v) is 6.83. The van der Waals surface area contributed by atoms with Gasteiger partial charge in [0, 0.05) is 18.8 Å². The fourth-order valence-electron chi connectivity index (χ4n) is 3.11. The zero-order chi connectivity index (χ0) is 12.5. The second-order valence-corrected chi connectivity index (χ2v) is 5.60. The van der Waals surface area contributed by atoms with E-state index in [9.17, 15) is 4.79 Å². The van der Waals surface area contributed by atoms with Gasteiger partial charge >= 0.3 is 5.97 Å². The second kappa shape index (κ2) is 4.73. The number of hydrogen-bond acceptors (Lipinski definition) is 2. The Morgan fingerprint density at radius 2 is 1.89 bits per heavy atom. The number of benzene rings is 1. The molecular formula is C15H20NO2+. The van der Waals surface area contributed by atoms with Gasteiger partial charge in [-0.05, 0) is 19.1 Å². The predicted octanol–water partition coefficient (Wildman–Crippen LogP) is 0.829. The van der Waals surface area contributed by atoms with Crippen LogP contribution in [0.4, 0.5) is 0 Å². The lowest BCUT2D eigenvalue weighted by Crippen LogP contribution is -3.16. The molecule has 3 fully saturated rings. The predicted molar refractivity (Wildman–Crippen MR) is 68.7 cm³/mol. The van der Waals surface area contributed by atoms with Crippen LogP contribution < -0.4 is 4.90 Å². The lowest BCUT2D eigenvalue weighted by Gasteiger charge is -2.41. The van der Waals surface area contributed by atoms with Gasteiger partial charge in [-0.15, -0.1) is 0 Å². The summed E-state index contributed by atoms with van der Waals surface area (Å²) in [5, 5.41) is 0. The van der Waals surface area contributed by atoms with Crippen LogP contribution in [0.2, 0.25) is 0 Å². The van der Waals surface area contributed by atoms with E-state index in [1.165, 1.54) is 31.5 Å². The lowest BCUT2D eigenvalue weighted by atomic mass is 9.86. The number of ether oxygens (including phenoxy) is 1. The Morgan fingerprint density at radius 1 is 1.22 bits per heavy atom. The highest BCUT2D eigenvalue weighted by Crippen LogP contribution is 2.22. The molecule has 1 N–H and O–H groups in total. The number of nitrogens with one attached hydrogen (secondary N) is 1. The van der Waals surface area contributed by atoms with E-state index in [0.29, 0.717) is 11.5 Å². The minimum atomic E-state index is -0.159. The maximum absolute atomic E-state index is 12.1. The number of fused-ring (bicyclic) bond motifs is 3. The van der Waals surface area contributed by atoms with E-state index >= 15 is 0 Å². The van der Waals surface area contributed by atoms with E-state index < -0.39 is 0 Å². The molecule has 1 atom stereocenters. The molecule has 0 radical (unpaired) electrons. The highest BCUT2D eigenvalue weighted by atomic mass is 16.5. The molecule has 0 aromatic heterocycles. The van der Waals surface area contributed by atoms with Gasteiger partial charge in [-0.25, -0.2) is 4.79 Å². The fourth-order valence-corrected chi connectivity index (χ4v) is 3.11. The zero-order valence-electron chi connectivity index (χ0n) is 10.8. The van der Waals surface area contributed by atoms with Crippen LogP contribution in [0, 0.1) is 12.8 Å². The van der Waals surface area contributed by atoms with Crippen molar-refractivity contribution in [1.82, 2.24) is 0 Å². The maximum atomic E-state index is 12.1. The summed E-state index contributed by atoms with van der Waals surface area (Å²) >= 11 is 0. The summed E-state index contributed by atoms with van der Waals surface area (Å²) in [5.41, 5.74) is 1.84. The molecule has 18 heavy (non-hydrogen) atoms. The molecule has 4 rings (SSSR count). The summed E-state index contributed by atoms with van der Waals surface area (Å²) in [4.78, 5) is 13.7. The topological polar surface area (TPSA) is 30.7 Å². The summed E-state index contributed by atoms with van der Waals surface area (Å²) in [6, 6.07) is 7.62. The van der Waals surface area contributed by atoms with Gasteiger partial charge in [0.25, 0.3) is 0 Å². The van der Waals surface area contributed by atoms with Gasteiger partial charge in [0.05, 0.1) is 18.7 Å². The number of aryl methyl sites for hydroxylation is 1. The number of esters is 1. The Balaban J connectivity index is 1.66. The molecule has 2 bridgehead atoms. The van der Waals surface area contributed by atoms with Gasteiger partial charge in [0.15, 0.2) is 6.10 Å². The van der Waals surface area contributed by atoms with Crippen LogP contribution in [0.25, 0.3) is 0 Å². The summed E-state index contributed by atoms with van der Waals surface area (Å²) < 4.78 is 5.69. The van der Waals surface area contributed by atoms with E-state index in [-0.39, 0.29) is 12.1 Å². The number of hydrogen-bond donors (Lipinski definition) is 1. The van der Waals surface area contributed by atoms with E-state index in [1.807, 2.05) is 31.2 Å². The molecule has 3 saturated heterocycles. The number of rotatable bonds is 2. The normalized spacial score (nSPS) is 30.2. The molecule has 0 spiro atoms. The Kier molecular flexibility index (Phi) is 3.08. The van der Waals surface area contributed by atoms with Crippen LogP contribution in [0.15, 0.2) is 24.3 Å². The van der Waals surface area contributed by atoms with E-state index in [0.717, 1.165) is 6.54 Å². The minimum Gasteiger partial charge on any atom is -0.452 e. The molecule has 0 unspecified atom stereocenters. The van der Waals surface area contributed by atoms with Crippen molar-refractivity contribution in [3.8, 4) is 0 Å². The molecule has 0 saturated carbocycles. The Morgan fingerprint density at radius 3 is 2.44 bits per heavy atom. The van der Waals surface area contributed by atoms with Gasteiger partial charge in [-0.2, -0.15) is 0 Å². The molecule has 0 amide bonds. The van der Waals surface area contributed by atoms with Crippen molar-refractivity contribution in [2.75, 3.05) is 19.6 Å². The van der Waals surface area contributed by atoms with Crippen LogP contribution in [-0.4, -0.2) is 31.7 Å². The van der Waals surface area contributed by atoms with Crippen molar-refractivity contribution < 1.29 is 14.4 Å². The standard InChI is InChI=1S/C15H19NO2/c1-11-2-4-13(5-3-11)15(17)18-14-10-16-8-6-12(14)7-9-16/h2-5,12,14H,6-10H2,1H3/p+1/t14-/m0/s1. The third-order valence-corrected chi connectivity index (χ3v) is 4.30. The molecule has 3 aliphatic heterocycles. The minimum absolute atomic E-state index is 0.135. The number of carbonyl (C=O) groups is 1. The monoisotopic (exact) mass is 246 g/mol. The number of quaternary nitrogens is 1. The van der Waals surface area contributed by atoms with Crippen LogP contribution >= 0.6 is 0 Å². The van der Waals surface area contributed by atoms with E-state index in [1.54, 1.807) is 4.90 Å². The quantitative estimate of drug-likeness (QED) is 0.784. The molecule has 0 aliphatic carbocycles. The molecule has 96 valence electrons. The molecule has 1 aromatic carbocycles. The smallest absolute Gasteiger partial charge is 0.338 e. The number of carbonyl (C=O) groups excluding carboxylic acids is 1. The van der Waals surface area contributed by atoms with Gasteiger partial charge in [0.1, 0.15) is 6.54 Å². The van der Waals surface area contributed by atoms with Crippen LogP contribution in [0.1, 0.15) is 28.8 Å². The Labute approximate surface area is 108 Å². The average Bonchev–Trinajstić information content (AvgIpc) is 2.41. The largest absolute Gasteiger partial charge is 0.452 e. The van der Waals surface area contributed by atoms with Crippen molar-refractivity contribution >= 4 is 5.97 Å². The number of piperidine rings is 3. The van der Waals surface area contributed by atoms with E-state index in [4.69, 9.17) is 4.74 Å². The summed E-state index contributed by atoms with van der Waals surface area (Å²) in [6.07, 6.45) is 2.55. The maximum Gasteiger partial charge on any atom is 0.338 e. The summed E-state index contributed by atoms with van der Waals surface area (Å²) in [5.74, 6) is 0.435. The SMILES string of the molecule is Cc1ccc(C(=O)O[C@H]2C[NH+]3CCC2CC3)cc1. The van der Waals surface area contributed by atoms with E-state index in [2.05, 4.69) is 0 Å². The molecule has 1 aromatic rings. The first kappa shape index (κ1) is 11.7. The van der Waals surface area contributed by atoms with Crippen molar-refractivity contribution in [2.24, 2.45) is 5.92 Å². The fraction of sp³-hybridized carbons (Fsp3) is 0.533. The van der Waals surface area contributed by atoms with Crippen molar-refractivity contribution in [1.29, 1.82) is 0 Å². The van der Waals surface area contributed by atoms with Crippen molar-refractivity contribution in [3.63, 3.8) is 0 Å². The van der Waals surface area contributed by atoms with Gasteiger partial charge in [-0.1, -0.05) is 17.7 Å².